The molecule has 1 N–H and O–H groups in total. The third-order valence-corrected chi connectivity index (χ3v) is 3.68. The second-order valence-corrected chi connectivity index (χ2v) is 7.94. The Hall–Kier alpha value is -1.82. The first-order valence-electron chi connectivity index (χ1n) is 6.73. The number of benzene rings is 1. The molecule has 2 rings (SSSR count). The molecule has 0 aliphatic carbocycles. The molecule has 0 spiro atoms. The van der Waals surface area contributed by atoms with Gasteiger partial charge in [0.05, 0.1) is 17.6 Å². The Balaban J connectivity index is 2.69. The molecular formula is C15H21N3O2S. The summed E-state index contributed by atoms with van der Waals surface area (Å²) in [5.74, 6) is 0.494. The minimum Gasteiger partial charge on any atom is -0.267 e. The lowest BCUT2D eigenvalue weighted by atomic mass is 9.90. The summed E-state index contributed by atoms with van der Waals surface area (Å²) in [6.07, 6.45) is 1.14. The molecular weight excluding hydrogens is 286 g/mol. The zero-order chi connectivity index (χ0) is 15.8. The van der Waals surface area contributed by atoms with Gasteiger partial charge in [0, 0.05) is 11.0 Å². The van der Waals surface area contributed by atoms with Gasteiger partial charge in [-0.25, -0.2) is 13.1 Å². The van der Waals surface area contributed by atoms with Crippen molar-refractivity contribution in [2.24, 2.45) is 0 Å². The highest BCUT2D eigenvalue weighted by atomic mass is 32.2. The van der Waals surface area contributed by atoms with Gasteiger partial charge in [-0.2, -0.15) is 5.10 Å². The molecule has 0 atom stereocenters. The monoisotopic (exact) mass is 307 g/mol. The van der Waals surface area contributed by atoms with Gasteiger partial charge in [0.1, 0.15) is 5.82 Å². The van der Waals surface area contributed by atoms with Crippen LogP contribution >= 0.6 is 0 Å². The van der Waals surface area contributed by atoms with E-state index in [-0.39, 0.29) is 5.41 Å². The van der Waals surface area contributed by atoms with Crippen LogP contribution in [0.15, 0.2) is 30.3 Å². The number of para-hydroxylation sites is 1. The third kappa shape index (κ3) is 3.44. The zero-order valence-corrected chi connectivity index (χ0v) is 13.8. The number of hydrogen-bond acceptors (Lipinski definition) is 3. The van der Waals surface area contributed by atoms with E-state index in [1.807, 2.05) is 37.3 Å². The van der Waals surface area contributed by atoms with Crippen molar-refractivity contribution in [1.29, 1.82) is 0 Å². The van der Waals surface area contributed by atoms with Crippen molar-refractivity contribution >= 4 is 15.8 Å². The van der Waals surface area contributed by atoms with Gasteiger partial charge in [-0.05, 0) is 19.1 Å². The van der Waals surface area contributed by atoms with E-state index in [1.165, 1.54) is 0 Å². The number of rotatable bonds is 3. The van der Waals surface area contributed by atoms with Crippen LogP contribution in [-0.4, -0.2) is 24.5 Å². The van der Waals surface area contributed by atoms with Crippen molar-refractivity contribution < 1.29 is 8.42 Å². The summed E-state index contributed by atoms with van der Waals surface area (Å²) in [6.45, 7) is 8.06. The van der Waals surface area contributed by atoms with E-state index in [2.05, 4.69) is 30.6 Å². The molecule has 6 heteroatoms. The quantitative estimate of drug-likeness (QED) is 0.948. The first-order valence-corrected chi connectivity index (χ1v) is 8.62. The fourth-order valence-corrected chi connectivity index (χ4v) is 2.85. The van der Waals surface area contributed by atoms with Crippen molar-refractivity contribution in [3.05, 3.63) is 41.6 Å². The number of aromatic nitrogens is 2. The summed E-state index contributed by atoms with van der Waals surface area (Å²) in [5, 5.41) is 4.63. The highest BCUT2D eigenvalue weighted by molar-refractivity contribution is 7.92. The molecule has 0 fully saturated rings. The summed E-state index contributed by atoms with van der Waals surface area (Å²) in [7, 11) is -3.37. The fraction of sp³-hybridized carbons (Fsp3) is 0.400. The number of nitrogens with one attached hydrogen (secondary N) is 1. The van der Waals surface area contributed by atoms with Crippen molar-refractivity contribution in [1.82, 2.24) is 9.78 Å². The van der Waals surface area contributed by atoms with Crippen LogP contribution in [0, 0.1) is 6.92 Å². The van der Waals surface area contributed by atoms with Gasteiger partial charge in [-0.15, -0.1) is 0 Å². The van der Waals surface area contributed by atoms with Crippen LogP contribution in [0.3, 0.4) is 0 Å². The lowest BCUT2D eigenvalue weighted by Gasteiger charge is -2.16. The average molecular weight is 307 g/mol. The van der Waals surface area contributed by atoms with Crippen LogP contribution < -0.4 is 4.72 Å². The van der Waals surface area contributed by atoms with Crippen molar-refractivity contribution in [3.8, 4) is 5.69 Å². The van der Waals surface area contributed by atoms with Crippen molar-refractivity contribution in [2.75, 3.05) is 11.0 Å². The second-order valence-electron chi connectivity index (χ2n) is 6.19. The third-order valence-electron chi connectivity index (χ3n) is 3.12. The highest BCUT2D eigenvalue weighted by Crippen LogP contribution is 2.31. The first kappa shape index (κ1) is 15.6. The minimum atomic E-state index is -3.37. The first-order chi connectivity index (χ1) is 9.59. The molecule has 2 aromatic rings. The van der Waals surface area contributed by atoms with Crippen molar-refractivity contribution in [2.45, 2.75) is 33.1 Å². The Morgan fingerprint density at radius 3 is 2.19 bits per heavy atom. The van der Waals surface area contributed by atoms with E-state index in [4.69, 9.17) is 0 Å². The summed E-state index contributed by atoms with van der Waals surface area (Å²) in [5.41, 5.74) is 2.37. The summed E-state index contributed by atoms with van der Waals surface area (Å²) < 4.78 is 27.5. The molecule has 0 saturated carbocycles. The van der Waals surface area contributed by atoms with Crippen LogP contribution in [0.1, 0.15) is 32.0 Å². The lowest BCUT2D eigenvalue weighted by Crippen LogP contribution is -2.14. The molecule has 0 radical (unpaired) electrons. The maximum absolute atomic E-state index is 11.6. The van der Waals surface area contributed by atoms with Crippen LogP contribution in [0.5, 0.6) is 0 Å². The summed E-state index contributed by atoms with van der Waals surface area (Å²) in [4.78, 5) is 0. The number of sulfonamides is 1. The van der Waals surface area contributed by atoms with E-state index in [0.717, 1.165) is 23.2 Å². The lowest BCUT2D eigenvalue weighted by molar-refractivity contribution is 0.557. The van der Waals surface area contributed by atoms with E-state index in [9.17, 15) is 8.42 Å². The van der Waals surface area contributed by atoms with E-state index in [1.54, 1.807) is 4.68 Å². The molecule has 0 unspecified atom stereocenters. The molecule has 0 saturated heterocycles. The molecule has 21 heavy (non-hydrogen) atoms. The molecule has 0 aliphatic rings. The van der Waals surface area contributed by atoms with E-state index >= 15 is 0 Å². The standard InChI is InChI=1S/C15H21N3O2S/c1-11-13(15(2,3)4)16-18(12-9-7-6-8-10-12)14(11)17-21(5,19)20/h6-10,17H,1-5H3. The maximum Gasteiger partial charge on any atom is 0.230 e. The van der Waals surface area contributed by atoms with Gasteiger partial charge < -0.3 is 0 Å². The average Bonchev–Trinajstić information content (AvgIpc) is 2.66. The normalized spacial score (nSPS) is 12.4. The van der Waals surface area contributed by atoms with Gasteiger partial charge >= 0.3 is 0 Å². The molecule has 0 aliphatic heterocycles. The zero-order valence-electron chi connectivity index (χ0n) is 13.0. The molecule has 114 valence electrons. The SMILES string of the molecule is Cc1c(C(C)(C)C)nn(-c2ccccc2)c1NS(C)(=O)=O. The number of anilines is 1. The van der Waals surface area contributed by atoms with Crippen LogP contribution in [0.25, 0.3) is 5.69 Å². The van der Waals surface area contributed by atoms with Crippen LogP contribution in [-0.2, 0) is 15.4 Å². The number of nitrogens with zero attached hydrogens (tertiary/aromatic N) is 2. The van der Waals surface area contributed by atoms with Gasteiger partial charge in [0.15, 0.2) is 0 Å². The molecule has 1 heterocycles. The Morgan fingerprint density at radius 1 is 1.14 bits per heavy atom. The molecule has 0 amide bonds. The predicted molar refractivity (Wildman–Crippen MR) is 85.5 cm³/mol. The highest BCUT2D eigenvalue weighted by Gasteiger charge is 2.26. The molecule has 1 aromatic carbocycles. The smallest absolute Gasteiger partial charge is 0.230 e. The van der Waals surface area contributed by atoms with Crippen LogP contribution in [0.4, 0.5) is 5.82 Å². The van der Waals surface area contributed by atoms with Crippen molar-refractivity contribution in [3.63, 3.8) is 0 Å². The summed E-state index contributed by atoms with van der Waals surface area (Å²) >= 11 is 0. The Kier molecular flexibility index (Phi) is 3.84. The van der Waals surface area contributed by atoms with Gasteiger partial charge in [0.2, 0.25) is 10.0 Å². The maximum atomic E-state index is 11.6. The Bertz CT molecular complexity index is 741. The predicted octanol–water partition coefficient (Wildman–Crippen LogP) is 2.85. The van der Waals surface area contributed by atoms with Crippen LogP contribution in [0.2, 0.25) is 0 Å². The molecule has 5 nitrogen and oxygen atoms in total. The molecule has 0 bridgehead atoms. The largest absolute Gasteiger partial charge is 0.267 e. The van der Waals surface area contributed by atoms with E-state index in [0.29, 0.717) is 5.82 Å². The van der Waals surface area contributed by atoms with Gasteiger partial charge in [-0.3, -0.25) is 4.72 Å². The topological polar surface area (TPSA) is 64.0 Å². The second kappa shape index (κ2) is 5.18. The molecule has 1 aromatic heterocycles. The Labute approximate surface area is 126 Å². The van der Waals surface area contributed by atoms with E-state index < -0.39 is 10.0 Å². The van der Waals surface area contributed by atoms with Gasteiger partial charge in [0.25, 0.3) is 0 Å². The summed E-state index contributed by atoms with van der Waals surface area (Å²) in [6, 6.07) is 9.49. The minimum absolute atomic E-state index is 0.169. The van der Waals surface area contributed by atoms with Gasteiger partial charge in [-0.1, -0.05) is 39.0 Å². The number of hydrogen-bond donors (Lipinski definition) is 1. The Morgan fingerprint density at radius 2 is 1.71 bits per heavy atom. The fourth-order valence-electron chi connectivity index (χ4n) is 2.26.